The first-order valence-electron chi connectivity index (χ1n) is 8.44. The minimum Gasteiger partial charge on any atom is -0.356 e. The third-order valence-electron chi connectivity index (χ3n) is 4.18. The number of likely N-dealkylation sites (tertiary alicyclic amines) is 1. The number of rotatable bonds is 7. The fourth-order valence-corrected chi connectivity index (χ4v) is 3.04. The highest BCUT2D eigenvalue weighted by atomic mass is 35.5. The molecule has 0 unspecified atom stereocenters. The van der Waals surface area contributed by atoms with Crippen molar-refractivity contribution in [2.75, 3.05) is 19.6 Å². The van der Waals surface area contributed by atoms with E-state index in [1.807, 2.05) is 29.2 Å². The Bertz CT molecular complexity index is 534. The highest BCUT2D eigenvalue weighted by Gasteiger charge is 2.15. The van der Waals surface area contributed by atoms with Crippen LogP contribution in [0.2, 0.25) is 5.02 Å². The lowest BCUT2D eigenvalue weighted by atomic mass is 10.1. The zero-order valence-electron chi connectivity index (χ0n) is 13.5. The SMILES string of the molecule is O=C(CCc1ccccc1Cl)NCCCN1CCCCCC1=O. The molecule has 1 aliphatic heterocycles. The molecule has 0 saturated carbocycles. The molecule has 0 spiro atoms. The van der Waals surface area contributed by atoms with Gasteiger partial charge in [0.05, 0.1) is 0 Å². The van der Waals surface area contributed by atoms with E-state index in [1.165, 1.54) is 0 Å². The fraction of sp³-hybridized carbons (Fsp3) is 0.556. The quantitative estimate of drug-likeness (QED) is 0.777. The molecule has 0 radical (unpaired) electrons. The molecule has 23 heavy (non-hydrogen) atoms. The van der Waals surface area contributed by atoms with Crippen molar-refractivity contribution in [3.8, 4) is 0 Å². The van der Waals surface area contributed by atoms with Crippen molar-refractivity contribution in [3.63, 3.8) is 0 Å². The van der Waals surface area contributed by atoms with E-state index in [9.17, 15) is 9.59 Å². The van der Waals surface area contributed by atoms with Gasteiger partial charge < -0.3 is 10.2 Å². The van der Waals surface area contributed by atoms with E-state index in [0.717, 1.165) is 44.3 Å². The summed E-state index contributed by atoms with van der Waals surface area (Å²) >= 11 is 6.08. The van der Waals surface area contributed by atoms with E-state index in [-0.39, 0.29) is 11.8 Å². The Kier molecular flexibility index (Phi) is 7.40. The number of halogens is 1. The second-order valence-corrected chi connectivity index (χ2v) is 6.39. The van der Waals surface area contributed by atoms with E-state index in [2.05, 4.69) is 5.32 Å². The zero-order valence-corrected chi connectivity index (χ0v) is 14.3. The maximum atomic E-state index is 11.9. The summed E-state index contributed by atoms with van der Waals surface area (Å²) in [5.74, 6) is 0.291. The Morgan fingerprint density at radius 2 is 2.04 bits per heavy atom. The smallest absolute Gasteiger partial charge is 0.222 e. The minimum atomic E-state index is 0.0344. The third-order valence-corrected chi connectivity index (χ3v) is 4.55. The van der Waals surface area contributed by atoms with Crippen LogP contribution in [-0.4, -0.2) is 36.3 Å². The van der Waals surface area contributed by atoms with Crippen LogP contribution in [0.3, 0.4) is 0 Å². The molecule has 0 aromatic heterocycles. The normalized spacial score (nSPS) is 15.3. The minimum absolute atomic E-state index is 0.0344. The number of aryl methyl sites for hydroxylation is 1. The predicted molar refractivity (Wildman–Crippen MR) is 92.4 cm³/mol. The van der Waals surface area contributed by atoms with E-state index in [1.54, 1.807) is 0 Å². The lowest BCUT2D eigenvalue weighted by molar-refractivity contribution is -0.130. The molecule has 0 aliphatic carbocycles. The molecule has 1 N–H and O–H groups in total. The third kappa shape index (κ3) is 6.22. The van der Waals surface area contributed by atoms with Gasteiger partial charge in [-0.05, 0) is 37.3 Å². The molecule has 1 aromatic carbocycles. The van der Waals surface area contributed by atoms with Crippen LogP contribution in [0.25, 0.3) is 0 Å². The summed E-state index contributed by atoms with van der Waals surface area (Å²) in [4.78, 5) is 25.7. The van der Waals surface area contributed by atoms with Gasteiger partial charge in [0, 0.05) is 37.5 Å². The molecular weight excluding hydrogens is 312 g/mol. The van der Waals surface area contributed by atoms with Gasteiger partial charge in [0.15, 0.2) is 0 Å². The Morgan fingerprint density at radius 1 is 1.22 bits per heavy atom. The molecule has 5 heteroatoms. The zero-order chi connectivity index (χ0) is 16.5. The second kappa shape index (κ2) is 9.56. The largest absolute Gasteiger partial charge is 0.356 e. The maximum absolute atomic E-state index is 11.9. The summed E-state index contributed by atoms with van der Waals surface area (Å²) in [5.41, 5.74) is 1.000. The van der Waals surface area contributed by atoms with Gasteiger partial charge >= 0.3 is 0 Å². The highest BCUT2D eigenvalue weighted by Crippen LogP contribution is 2.16. The van der Waals surface area contributed by atoms with E-state index in [4.69, 9.17) is 11.6 Å². The standard InChI is InChI=1S/C18H25ClN2O2/c19-16-8-4-3-7-15(16)10-11-17(22)20-12-6-14-21-13-5-1-2-9-18(21)23/h3-4,7-8H,1-2,5-6,9-14H2,(H,20,22). The van der Waals surface area contributed by atoms with Crippen LogP contribution in [0.5, 0.6) is 0 Å². The molecule has 4 nitrogen and oxygen atoms in total. The van der Waals surface area contributed by atoms with Gasteiger partial charge in [0.2, 0.25) is 11.8 Å². The second-order valence-electron chi connectivity index (χ2n) is 5.99. The number of carbonyl (C=O) groups excluding carboxylic acids is 2. The summed E-state index contributed by atoms with van der Waals surface area (Å²) in [5, 5.41) is 3.63. The highest BCUT2D eigenvalue weighted by molar-refractivity contribution is 6.31. The number of nitrogens with zero attached hydrogens (tertiary/aromatic N) is 1. The van der Waals surface area contributed by atoms with Crippen LogP contribution in [-0.2, 0) is 16.0 Å². The van der Waals surface area contributed by atoms with Crippen molar-refractivity contribution in [1.29, 1.82) is 0 Å². The topological polar surface area (TPSA) is 49.4 Å². The van der Waals surface area contributed by atoms with Crippen molar-refractivity contribution in [1.82, 2.24) is 10.2 Å². The van der Waals surface area contributed by atoms with Gasteiger partial charge in [-0.3, -0.25) is 9.59 Å². The van der Waals surface area contributed by atoms with Crippen molar-refractivity contribution in [2.45, 2.75) is 44.9 Å². The summed E-state index contributed by atoms with van der Waals surface area (Å²) in [6.07, 6.45) is 5.81. The van der Waals surface area contributed by atoms with Crippen molar-refractivity contribution >= 4 is 23.4 Å². The molecule has 126 valence electrons. The van der Waals surface area contributed by atoms with Crippen molar-refractivity contribution in [2.24, 2.45) is 0 Å². The Balaban J connectivity index is 1.61. The molecular formula is C18H25ClN2O2. The molecule has 1 fully saturated rings. The first-order valence-corrected chi connectivity index (χ1v) is 8.82. The summed E-state index contributed by atoms with van der Waals surface area (Å²) in [7, 11) is 0. The Morgan fingerprint density at radius 3 is 2.87 bits per heavy atom. The summed E-state index contributed by atoms with van der Waals surface area (Å²) < 4.78 is 0. The maximum Gasteiger partial charge on any atom is 0.222 e. The van der Waals surface area contributed by atoms with Crippen LogP contribution in [0.1, 0.15) is 44.1 Å². The van der Waals surface area contributed by atoms with Gasteiger partial charge in [-0.2, -0.15) is 0 Å². The number of carbonyl (C=O) groups is 2. The lowest BCUT2D eigenvalue weighted by Crippen LogP contribution is -2.34. The van der Waals surface area contributed by atoms with Crippen molar-refractivity contribution < 1.29 is 9.59 Å². The van der Waals surface area contributed by atoms with Gasteiger partial charge in [-0.15, -0.1) is 0 Å². The van der Waals surface area contributed by atoms with Gasteiger partial charge in [0.25, 0.3) is 0 Å². The lowest BCUT2D eigenvalue weighted by Gasteiger charge is -2.20. The monoisotopic (exact) mass is 336 g/mol. The van der Waals surface area contributed by atoms with Gasteiger partial charge in [0.1, 0.15) is 0 Å². The number of hydrogen-bond donors (Lipinski definition) is 1. The molecule has 0 bridgehead atoms. The molecule has 1 heterocycles. The van der Waals surface area contributed by atoms with Crippen LogP contribution >= 0.6 is 11.6 Å². The first-order chi connectivity index (χ1) is 11.2. The van der Waals surface area contributed by atoms with Gasteiger partial charge in [-0.1, -0.05) is 36.2 Å². The summed E-state index contributed by atoms with van der Waals surface area (Å²) in [6, 6.07) is 7.60. The van der Waals surface area contributed by atoms with Gasteiger partial charge in [-0.25, -0.2) is 0 Å². The molecule has 0 atom stereocenters. The average molecular weight is 337 g/mol. The number of nitrogens with one attached hydrogen (secondary N) is 1. The fourth-order valence-electron chi connectivity index (χ4n) is 2.81. The number of amides is 2. The molecule has 2 amide bonds. The number of hydrogen-bond acceptors (Lipinski definition) is 2. The predicted octanol–water partition coefficient (Wildman–Crippen LogP) is 3.18. The van der Waals surface area contributed by atoms with Crippen LogP contribution in [0.4, 0.5) is 0 Å². The molecule has 1 aliphatic rings. The van der Waals surface area contributed by atoms with Crippen LogP contribution in [0, 0.1) is 0 Å². The first kappa shape index (κ1) is 17.8. The molecule has 1 aromatic rings. The van der Waals surface area contributed by atoms with E-state index < -0.39 is 0 Å². The van der Waals surface area contributed by atoms with Crippen molar-refractivity contribution in [3.05, 3.63) is 34.9 Å². The Hall–Kier alpha value is -1.55. The van der Waals surface area contributed by atoms with E-state index in [0.29, 0.717) is 30.8 Å². The van der Waals surface area contributed by atoms with Crippen LogP contribution in [0.15, 0.2) is 24.3 Å². The Labute approximate surface area is 143 Å². The molecule has 2 rings (SSSR count). The van der Waals surface area contributed by atoms with E-state index >= 15 is 0 Å². The summed E-state index contributed by atoms with van der Waals surface area (Å²) in [6.45, 7) is 2.22. The molecule has 1 saturated heterocycles. The average Bonchev–Trinajstić information content (AvgIpc) is 2.75. The number of benzene rings is 1. The van der Waals surface area contributed by atoms with Crippen LogP contribution < -0.4 is 5.32 Å².